The Bertz CT molecular complexity index is 287. The first-order chi connectivity index (χ1) is 6.70. The van der Waals surface area contributed by atoms with Crippen molar-refractivity contribution in [2.24, 2.45) is 0 Å². The SMILES string of the molecule is CC(OCCc1ccncc1)C(=O)O. The minimum atomic E-state index is -0.931. The van der Waals surface area contributed by atoms with Crippen LogP contribution in [-0.4, -0.2) is 28.8 Å². The van der Waals surface area contributed by atoms with Crippen molar-refractivity contribution >= 4 is 5.97 Å². The summed E-state index contributed by atoms with van der Waals surface area (Å²) < 4.78 is 5.09. The molecule has 4 nitrogen and oxygen atoms in total. The number of carboxylic acids is 1. The van der Waals surface area contributed by atoms with E-state index in [0.29, 0.717) is 13.0 Å². The number of carboxylic acid groups (broad SMARTS) is 1. The summed E-state index contributed by atoms with van der Waals surface area (Å²) in [6.45, 7) is 1.94. The van der Waals surface area contributed by atoms with Gasteiger partial charge in [-0.25, -0.2) is 4.79 Å². The number of hydrogen-bond donors (Lipinski definition) is 1. The second-order valence-electron chi connectivity index (χ2n) is 2.96. The van der Waals surface area contributed by atoms with Crippen LogP contribution in [0.25, 0.3) is 0 Å². The second kappa shape index (κ2) is 5.34. The molecular formula is C10H13NO3. The van der Waals surface area contributed by atoms with E-state index in [0.717, 1.165) is 5.56 Å². The lowest BCUT2D eigenvalue weighted by Gasteiger charge is -2.07. The van der Waals surface area contributed by atoms with Gasteiger partial charge in [0.15, 0.2) is 6.10 Å². The summed E-state index contributed by atoms with van der Waals surface area (Å²) in [5, 5.41) is 8.54. The van der Waals surface area contributed by atoms with Crippen LogP contribution in [-0.2, 0) is 16.0 Å². The number of nitrogens with zero attached hydrogens (tertiary/aromatic N) is 1. The monoisotopic (exact) mass is 195 g/mol. The molecule has 0 spiro atoms. The molecule has 0 radical (unpaired) electrons. The van der Waals surface area contributed by atoms with Gasteiger partial charge in [0.25, 0.3) is 0 Å². The van der Waals surface area contributed by atoms with Gasteiger partial charge in [0.1, 0.15) is 0 Å². The highest BCUT2D eigenvalue weighted by molar-refractivity contribution is 5.71. The maximum Gasteiger partial charge on any atom is 0.332 e. The fourth-order valence-electron chi connectivity index (χ4n) is 0.974. The highest BCUT2D eigenvalue weighted by atomic mass is 16.5. The van der Waals surface area contributed by atoms with Crippen LogP contribution in [0.5, 0.6) is 0 Å². The lowest BCUT2D eigenvalue weighted by Crippen LogP contribution is -2.20. The molecule has 1 aromatic heterocycles. The number of carbonyl (C=O) groups is 1. The minimum Gasteiger partial charge on any atom is -0.479 e. The van der Waals surface area contributed by atoms with Crippen molar-refractivity contribution in [2.75, 3.05) is 6.61 Å². The van der Waals surface area contributed by atoms with Crippen LogP contribution < -0.4 is 0 Å². The maximum absolute atomic E-state index is 10.4. The van der Waals surface area contributed by atoms with E-state index in [1.54, 1.807) is 12.4 Å². The zero-order valence-electron chi connectivity index (χ0n) is 8.01. The summed E-state index contributed by atoms with van der Waals surface area (Å²) in [6.07, 6.45) is 3.38. The van der Waals surface area contributed by atoms with Gasteiger partial charge < -0.3 is 9.84 Å². The van der Waals surface area contributed by atoms with Crippen molar-refractivity contribution in [1.82, 2.24) is 4.98 Å². The van der Waals surface area contributed by atoms with Gasteiger partial charge in [-0.2, -0.15) is 0 Å². The second-order valence-corrected chi connectivity index (χ2v) is 2.96. The van der Waals surface area contributed by atoms with Crippen LogP contribution in [0.2, 0.25) is 0 Å². The highest BCUT2D eigenvalue weighted by Gasteiger charge is 2.09. The van der Waals surface area contributed by atoms with E-state index in [4.69, 9.17) is 9.84 Å². The first-order valence-electron chi connectivity index (χ1n) is 4.43. The molecule has 1 unspecified atom stereocenters. The lowest BCUT2D eigenvalue weighted by molar-refractivity contribution is -0.149. The normalized spacial score (nSPS) is 12.4. The van der Waals surface area contributed by atoms with Crippen molar-refractivity contribution in [2.45, 2.75) is 19.4 Å². The van der Waals surface area contributed by atoms with Crippen LogP contribution in [0.15, 0.2) is 24.5 Å². The summed E-state index contributed by atoms with van der Waals surface area (Å²) in [7, 11) is 0. The van der Waals surface area contributed by atoms with Crippen LogP contribution in [0, 0.1) is 0 Å². The Morgan fingerprint density at radius 3 is 2.79 bits per heavy atom. The molecule has 1 rings (SSSR count). The standard InChI is InChI=1S/C10H13NO3/c1-8(10(12)13)14-7-4-9-2-5-11-6-3-9/h2-3,5-6,8H,4,7H2,1H3,(H,12,13). The molecule has 1 N–H and O–H groups in total. The molecule has 0 fully saturated rings. The van der Waals surface area contributed by atoms with E-state index >= 15 is 0 Å². The molecule has 0 bridgehead atoms. The molecule has 0 aromatic carbocycles. The Hall–Kier alpha value is -1.42. The Morgan fingerprint density at radius 2 is 2.21 bits per heavy atom. The Morgan fingerprint density at radius 1 is 1.57 bits per heavy atom. The maximum atomic E-state index is 10.4. The largest absolute Gasteiger partial charge is 0.479 e. The van der Waals surface area contributed by atoms with Crippen LogP contribution in [0.4, 0.5) is 0 Å². The summed E-state index contributed by atoms with van der Waals surface area (Å²) in [5.41, 5.74) is 1.09. The van der Waals surface area contributed by atoms with Gasteiger partial charge in [0, 0.05) is 12.4 Å². The Kier molecular flexibility index (Phi) is 4.07. The van der Waals surface area contributed by atoms with E-state index in [9.17, 15) is 4.79 Å². The quantitative estimate of drug-likeness (QED) is 0.764. The summed E-state index contributed by atoms with van der Waals surface area (Å²) in [6, 6.07) is 3.77. The third kappa shape index (κ3) is 3.53. The molecule has 0 saturated carbocycles. The third-order valence-corrected chi connectivity index (χ3v) is 1.86. The molecule has 14 heavy (non-hydrogen) atoms. The van der Waals surface area contributed by atoms with E-state index in [1.807, 2.05) is 12.1 Å². The van der Waals surface area contributed by atoms with Gasteiger partial charge in [-0.15, -0.1) is 0 Å². The van der Waals surface area contributed by atoms with Gasteiger partial charge in [-0.05, 0) is 31.0 Å². The van der Waals surface area contributed by atoms with E-state index in [1.165, 1.54) is 6.92 Å². The van der Waals surface area contributed by atoms with Crippen molar-refractivity contribution < 1.29 is 14.6 Å². The van der Waals surface area contributed by atoms with Crippen LogP contribution in [0.1, 0.15) is 12.5 Å². The number of aromatic nitrogens is 1. The molecule has 0 aliphatic rings. The number of aliphatic carboxylic acids is 1. The Labute approximate surface area is 82.5 Å². The molecule has 0 aliphatic heterocycles. The number of rotatable bonds is 5. The fourth-order valence-corrected chi connectivity index (χ4v) is 0.974. The Balaban J connectivity index is 2.26. The minimum absolute atomic E-state index is 0.414. The van der Waals surface area contributed by atoms with Gasteiger partial charge in [0.2, 0.25) is 0 Å². The van der Waals surface area contributed by atoms with Crippen molar-refractivity contribution in [3.05, 3.63) is 30.1 Å². The predicted octanol–water partition coefficient (Wildman–Crippen LogP) is 1.11. The van der Waals surface area contributed by atoms with Crippen molar-refractivity contribution in [1.29, 1.82) is 0 Å². The summed E-state index contributed by atoms with van der Waals surface area (Å²) >= 11 is 0. The fraction of sp³-hybridized carbons (Fsp3) is 0.400. The lowest BCUT2D eigenvalue weighted by atomic mass is 10.2. The van der Waals surface area contributed by atoms with E-state index in [-0.39, 0.29) is 0 Å². The van der Waals surface area contributed by atoms with Crippen LogP contribution >= 0.6 is 0 Å². The molecule has 1 heterocycles. The zero-order chi connectivity index (χ0) is 10.4. The van der Waals surface area contributed by atoms with Crippen molar-refractivity contribution in [3.8, 4) is 0 Å². The molecule has 0 aliphatic carbocycles. The van der Waals surface area contributed by atoms with Gasteiger partial charge in [-0.3, -0.25) is 4.98 Å². The first kappa shape index (κ1) is 10.7. The van der Waals surface area contributed by atoms with E-state index in [2.05, 4.69) is 4.98 Å². The molecule has 1 aromatic rings. The zero-order valence-corrected chi connectivity index (χ0v) is 8.01. The van der Waals surface area contributed by atoms with Crippen molar-refractivity contribution in [3.63, 3.8) is 0 Å². The van der Waals surface area contributed by atoms with Crippen LogP contribution in [0.3, 0.4) is 0 Å². The number of pyridine rings is 1. The molecule has 76 valence electrons. The molecule has 4 heteroatoms. The predicted molar refractivity (Wildman–Crippen MR) is 51.0 cm³/mol. The molecule has 1 atom stereocenters. The number of ether oxygens (including phenoxy) is 1. The average Bonchev–Trinajstić information content (AvgIpc) is 2.19. The smallest absolute Gasteiger partial charge is 0.332 e. The van der Waals surface area contributed by atoms with Gasteiger partial charge in [-0.1, -0.05) is 0 Å². The molecular weight excluding hydrogens is 182 g/mol. The number of hydrogen-bond acceptors (Lipinski definition) is 3. The summed E-state index contributed by atoms with van der Waals surface area (Å²) in [5.74, 6) is -0.931. The van der Waals surface area contributed by atoms with Gasteiger partial charge >= 0.3 is 5.97 Å². The molecule has 0 saturated heterocycles. The molecule has 0 amide bonds. The topological polar surface area (TPSA) is 59.4 Å². The first-order valence-corrected chi connectivity index (χ1v) is 4.43. The van der Waals surface area contributed by atoms with E-state index < -0.39 is 12.1 Å². The summed E-state index contributed by atoms with van der Waals surface area (Å²) in [4.78, 5) is 14.3. The van der Waals surface area contributed by atoms with Gasteiger partial charge in [0.05, 0.1) is 6.61 Å². The third-order valence-electron chi connectivity index (χ3n) is 1.86. The highest BCUT2D eigenvalue weighted by Crippen LogP contribution is 1.99. The average molecular weight is 195 g/mol.